The summed E-state index contributed by atoms with van der Waals surface area (Å²) in [7, 11) is 0. The van der Waals surface area contributed by atoms with Crippen LogP contribution < -0.4 is 5.32 Å². The Morgan fingerprint density at radius 3 is 2.30 bits per heavy atom. The Morgan fingerprint density at radius 2 is 1.50 bits per heavy atom. The molecule has 0 aliphatic rings. The first-order valence-corrected chi connectivity index (χ1v) is 7.05. The average molecular weight is 277 g/mol. The molecule has 0 radical (unpaired) electrons. The zero-order chi connectivity index (χ0) is 13.8. The zero-order valence-electron chi connectivity index (χ0n) is 11.0. The molecule has 0 fully saturated rings. The second kappa shape index (κ2) is 5.85. The second-order valence-electron chi connectivity index (χ2n) is 4.73. The molecule has 0 unspecified atom stereocenters. The van der Waals surface area contributed by atoms with Gasteiger partial charge in [0.1, 0.15) is 4.99 Å². The number of rotatable bonds is 3. The molecule has 0 atom stereocenters. The molecule has 0 amide bonds. The van der Waals surface area contributed by atoms with Gasteiger partial charge in [0.2, 0.25) is 0 Å². The average Bonchev–Trinajstić information content (AvgIpc) is 2.53. The highest BCUT2D eigenvalue weighted by Crippen LogP contribution is 2.15. The molecule has 3 aromatic rings. The van der Waals surface area contributed by atoms with Gasteiger partial charge in [0, 0.05) is 12.1 Å². The first-order valence-electron chi connectivity index (χ1n) is 6.64. The van der Waals surface area contributed by atoms with E-state index in [-0.39, 0.29) is 0 Å². The van der Waals surface area contributed by atoms with Gasteiger partial charge < -0.3 is 5.32 Å². The summed E-state index contributed by atoms with van der Waals surface area (Å²) in [5, 5.41) is 5.84. The quantitative estimate of drug-likeness (QED) is 0.716. The van der Waals surface area contributed by atoms with Crippen LogP contribution in [-0.2, 0) is 6.54 Å². The van der Waals surface area contributed by atoms with Crippen LogP contribution in [0.2, 0.25) is 0 Å². The van der Waals surface area contributed by atoms with E-state index in [2.05, 4.69) is 47.8 Å². The van der Waals surface area contributed by atoms with Crippen molar-refractivity contribution in [2.45, 2.75) is 6.54 Å². The molecule has 3 rings (SSSR count). The van der Waals surface area contributed by atoms with Crippen LogP contribution >= 0.6 is 12.2 Å². The van der Waals surface area contributed by atoms with Crippen LogP contribution in [0.15, 0.2) is 72.8 Å². The predicted octanol–water partition coefficient (Wildman–Crippen LogP) is 4.31. The van der Waals surface area contributed by atoms with E-state index >= 15 is 0 Å². The maximum atomic E-state index is 5.40. The van der Waals surface area contributed by atoms with Gasteiger partial charge in [0.15, 0.2) is 0 Å². The molecular weight excluding hydrogens is 262 g/mol. The lowest BCUT2D eigenvalue weighted by Gasteiger charge is -2.09. The van der Waals surface area contributed by atoms with E-state index in [0.29, 0.717) is 0 Å². The molecule has 1 nitrogen and oxygen atoms in total. The number of nitrogens with one attached hydrogen (secondary N) is 1. The molecule has 0 saturated heterocycles. The number of thiocarbonyl (C=S) groups is 1. The summed E-state index contributed by atoms with van der Waals surface area (Å²) < 4.78 is 0. The smallest absolute Gasteiger partial charge is 0.106 e. The molecule has 0 aliphatic carbocycles. The predicted molar refractivity (Wildman–Crippen MR) is 88.9 cm³/mol. The molecule has 0 aliphatic heterocycles. The third kappa shape index (κ3) is 2.86. The fourth-order valence-corrected chi connectivity index (χ4v) is 2.43. The topological polar surface area (TPSA) is 12.0 Å². The van der Waals surface area contributed by atoms with Gasteiger partial charge in [-0.2, -0.15) is 0 Å². The van der Waals surface area contributed by atoms with Gasteiger partial charge in [0.25, 0.3) is 0 Å². The number of fused-ring (bicyclic) bond motifs is 1. The fraction of sp³-hybridized carbons (Fsp3) is 0.0556. The molecule has 1 N–H and O–H groups in total. The maximum Gasteiger partial charge on any atom is 0.106 e. The van der Waals surface area contributed by atoms with Gasteiger partial charge in [-0.05, 0) is 22.4 Å². The Morgan fingerprint density at radius 1 is 0.800 bits per heavy atom. The van der Waals surface area contributed by atoms with Gasteiger partial charge >= 0.3 is 0 Å². The fourth-order valence-electron chi connectivity index (χ4n) is 2.22. The van der Waals surface area contributed by atoms with Crippen LogP contribution in [0.25, 0.3) is 10.8 Å². The number of hydrogen-bond donors (Lipinski definition) is 1. The third-order valence-corrected chi connectivity index (χ3v) is 3.68. The van der Waals surface area contributed by atoms with Crippen LogP contribution in [0.5, 0.6) is 0 Å². The summed E-state index contributed by atoms with van der Waals surface area (Å²) in [6, 6.07) is 24.9. The normalized spacial score (nSPS) is 10.4. The Balaban J connectivity index is 1.72. The van der Waals surface area contributed by atoms with E-state index in [0.717, 1.165) is 17.1 Å². The van der Waals surface area contributed by atoms with Gasteiger partial charge in [-0.1, -0.05) is 78.9 Å². The Labute approximate surface area is 124 Å². The summed E-state index contributed by atoms with van der Waals surface area (Å²) in [5.74, 6) is 0. The van der Waals surface area contributed by atoms with E-state index in [9.17, 15) is 0 Å². The van der Waals surface area contributed by atoms with Crippen molar-refractivity contribution >= 4 is 28.0 Å². The van der Waals surface area contributed by atoms with E-state index in [1.165, 1.54) is 16.3 Å². The van der Waals surface area contributed by atoms with E-state index < -0.39 is 0 Å². The lowest BCUT2D eigenvalue weighted by Crippen LogP contribution is -2.21. The highest BCUT2D eigenvalue weighted by Gasteiger charge is 2.00. The molecule has 20 heavy (non-hydrogen) atoms. The van der Waals surface area contributed by atoms with Crippen LogP contribution in [0.4, 0.5) is 0 Å². The zero-order valence-corrected chi connectivity index (χ0v) is 11.9. The Kier molecular flexibility index (Phi) is 3.75. The third-order valence-electron chi connectivity index (χ3n) is 3.30. The molecule has 0 bridgehead atoms. The number of benzene rings is 3. The van der Waals surface area contributed by atoms with Crippen LogP contribution in [0.3, 0.4) is 0 Å². The van der Waals surface area contributed by atoms with E-state index in [4.69, 9.17) is 12.2 Å². The van der Waals surface area contributed by atoms with Crippen molar-refractivity contribution in [2.24, 2.45) is 0 Å². The minimum Gasteiger partial charge on any atom is -0.372 e. The van der Waals surface area contributed by atoms with Crippen LogP contribution in [-0.4, -0.2) is 4.99 Å². The lowest BCUT2D eigenvalue weighted by atomic mass is 10.1. The van der Waals surface area contributed by atoms with Crippen LogP contribution in [0, 0.1) is 0 Å². The molecule has 0 aromatic heterocycles. The number of hydrogen-bond acceptors (Lipinski definition) is 1. The first-order chi connectivity index (χ1) is 9.83. The minimum atomic E-state index is 0.749. The van der Waals surface area contributed by atoms with Crippen molar-refractivity contribution in [1.82, 2.24) is 5.32 Å². The molecule has 0 spiro atoms. The van der Waals surface area contributed by atoms with Crippen LogP contribution in [0.1, 0.15) is 11.1 Å². The van der Waals surface area contributed by atoms with Gasteiger partial charge in [-0.25, -0.2) is 0 Å². The summed E-state index contributed by atoms with van der Waals surface area (Å²) >= 11 is 5.40. The van der Waals surface area contributed by atoms with Gasteiger partial charge in [0.05, 0.1) is 0 Å². The van der Waals surface area contributed by atoms with E-state index in [1.54, 1.807) is 0 Å². The van der Waals surface area contributed by atoms with E-state index in [1.807, 2.05) is 30.3 Å². The van der Waals surface area contributed by atoms with Crippen molar-refractivity contribution in [3.63, 3.8) is 0 Å². The summed E-state index contributed by atoms with van der Waals surface area (Å²) in [6.07, 6.45) is 0. The molecular formula is C18H15NS. The molecule has 98 valence electrons. The summed E-state index contributed by atoms with van der Waals surface area (Å²) in [4.78, 5) is 0.791. The largest absolute Gasteiger partial charge is 0.372 e. The van der Waals surface area contributed by atoms with Crippen molar-refractivity contribution in [3.05, 3.63) is 83.9 Å². The van der Waals surface area contributed by atoms with Crippen molar-refractivity contribution in [1.29, 1.82) is 0 Å². The summed E-state index contributed by atoms with van der Waals surface area (Å²) in [5.41, 5.74) is 2.30. The van der Waals surface area contributed by atoms with Gasteiger partial charge in [-0.3, -0.25) is 0 Å². The molecule has 2 heteroatoms. The summed E-state index contributed by atoms with van der Waals surface area (Å²) in [6.45, 7) is 0.749. The Bertz CT molecular complexity index is 735. The van der Waals surface area contributed by atoms with Gasteiger partial charge in [-0.15, -0.1) is 0 Å². The monoisotopic (exact) mass is 277 g/mol. The Hall–Kier alpha value is -2.19. The highest BCUT2D eigenvalue weighted by atomic mass is 32.1. The minimum absolute atomic E-state index is 0.749. The first kappa shape index (κ1) is 12.8. The van der Waals surface area contributed by atoms with Crippen molar-refractivity contribution in [3.8, 4) is 0 Å². The SMILES string of the molecule is S=C(NCc1ccc2ccccc2c1)c1ccccc1. The molecule has 0 saturated carbocycles. The lowest BCUT2D eigenvalue weighted by molar-refractivity contribution is 0.931. The molecule has 3 aromatic carbocycles. The molecule has 0 heterocycles. The second-order valence-corrected chi connectivity index (χ2v) is 5.14. The highest BCUT2D eigenvalue weighted by molar-refractivity contribution is 7.80. The van der Waals surface area contributed by atoms with Crippen molar-refractivity contribution < 1.29 is 0 Å². The van der Waals surface area contributed by atoms with Crippen molar-refractivity contribution in [2.75, 3.05) is 0 Å². The maximum absolute atomic E-state index is 5.40. The standard InChI is InChI=1S/C18H15NS/c20-18(16-7-2-1-3-8-16)19-13-14-10-11-15-6-4-5-9-17(15)12-14/h1-12H,13H2,(H,19,20).